The number of hydrogen-bond acceptors (Lipinski definition) is 3. The Labute approximate surface area is 145 Å². The van der Waals surface area contributed by atoms with Gasteiger partial charge in [-0.05, 0) is 43.5 Å². The number of nitrogens with zero attached hydrogens (tertiary/aromatic N) is 3. The van der Waals surface area contributed by atoms with Gasteiger partial charge in [0.05, 0.1) is 6.54 Å². The molecule has 0 saturated carbocycles. The van der Waals surface area contributed by atoms with Gasteiger partial charge in [0.15, 0.2) is 5.96 Å². The molecule has 3 rings (SSSR count). The van der Waals surface area contributed by atoms with Crippen LogP contribution in [0.5, 0.6) is 0 Å². The molecule has 0 aromatic heterocycles. The quantitative estimate of drug-likeness (QED) is 0.612. The first-order chi connectivity index (χ1) is 11.8. The van der Waals surface area contributed by atoms with E-state index in [-0.39, 0.29) is 0 Å². The van der Waals surface area contributed by atoms with Crippen molar-refractivity contribution in [2.75, 3.05) is 39.3 Å². The molecular weight excluding hydrogens is 298 g/mol. The van der Waals surface area contributed by atoms with E-state index in [4.69, 9.17) is 5.73 Å². The minimum Gasteiger partial charge on any atom is -0.370 e. The number of likely N-dealkylation sites (N-methyl/N-ethyl adjacent to an activating group) is 1. The van der Waals surface area contributed by atoms with Crippen molar-refractivity contribution >= 4 is 5.96 Å². The van der Waals surface area contributed by atoms with Gasteiger partial charge in [-0.1, -0.05) is 31.2 Å². The van der Waals surface area contributed by atoms with E-state index in [0.29, 0.717) is 12.0 Å². The molecule has 0 bridgehead atoms. The molecule has 0 amide bonds. The van der Waals surface area contributed by atoms with Gasteiger partial charge in [0.1, 0.15) is 0 Å². The monoisotopic (exact) mass is 329 g/mol. The maximum absolute atomic E-state index is 6.03. The summed E-state index contributed by atoms with van der Waals surface area (Å²) in [5.41, 5.74) is 9.00. The number of nitrogens with two attached hydrogens (primary N) is 1. The molecule has 1 unspecified atom stereocenters. The van der Waals surface area contributed by atoms with Gasteiger partial charge < -0.3 is 11.1 Å². The molecule has 2 aliphatic heterocycles. The Morgan fingerprint density at radius 3 is 2.96 bits per heavy atom. The highest BCUT2D eigenvalue weighted by atomic mass is 15.2. The molecule has 24 heavy (non-hydrogen) atoms. The number of aliphatic imine (C=N–C) groups is 1. The van der Waals surface area contributed by atoms with Crippen molar-refractivity contribution in [3.8, 4) is 0 Å². The second-order valence-electron chi connectivity index (χ2n) is 6.87. The van der Waals surface area contributed by atoms with Crippen LogP contribution in [0.3, 0.4) is 0 Å². The maximum Gasteiger partial charge on any atom is 0.188 e. The Hall–Kier alpha value is -1.59. The minimum atomic E-state index is 0.578. The molecule has 2 aliphatic rings. The van der Waals surface area contributed by atoms with Gasteiger partial charge in [0, 0.05) is 32.2 Å². The Bertz CT molecular complexity index is 556. The summed E-state index contributed by atoms with van der Waals surface area (Å²) in [4.78, 5) is 9.53. The Morgan fingerprint density at radius 2 is 2.12 bits per heavy atom. The van der Waals surface area contributed by atoms with Gasteiger partial charge in [0.2, 0.25) is 0 Å². The van der Waals surface area contributed by atoms with Crippen molar-refractivity contribution in [1.82, 2.24) is 15.1 Å². The predicted octanol–water partition coefficient (Wildman–Crippen LogP) is 1.43. The van der Waals surface area contributed by atoms with Crippen molar-refractivity contribution in [2.45, 2.75) is 38.8 Å². The molecule has 132 valence electrons. The summed E-state index contributed by atoms with van der Waals surface area (Å²) in [6, 6.07) is 9.34. The van der Waals surface area contributed by atoms with E-state index in [0.717, 1.165) is 45.7 Å². The van der Waals surface area contributed by atoms with Crippen LogP contribution in [0.1, 0.15) is 30.9 Å². The fourth-order valence-corrected chi connectivity index (χ4v) is 3.86. The van der Waals surface area contributed by atoms with Crippen molar-refractivity contribution < 1.29 is 0 Å². The molecular formula is C19H31N5. The first-order valence-corrected chi connectivity index (χ1v) is 9.33. The maximum atomic E-state index is 6.03. The highest BCUT2D eigenvalue weighted by molar-refractivity contribution is 5.77. The summed E-state index contributed by atoms with van der Waals surface area (Å²) in [5.74, 6) is 0.593. The van der Waals surface area contributed by atoms with Crippen LogP contribution in [-0.2, 0) is 13.0 Å². The third-order valence-corrected chi connectivity index (χ3v) is 5.32. The molecule has 1 fully saturated rings. The van der Waals surface area contributed by atoms with Crippen molar-refractivity contribution in [1.29, 1.82) is 0 Å². The molecule has 0 spiro atoms. The van der Waals surface area contributed by atoms with Crippen LogP contribution in [0, 0.1) is 0 Å². The van der Waals surface area contributed by atoms with E-state index in [1.54, 1.807) is 0 Å². The fourth-order valence-electron chi connectivity index (χ4n) is 3.86. The normalized spacial score (nSPS) is 22.5. The molecule has 1 saturated heterocycles. The summed E-state index contributed by atoms with van der Waals surface area (Å²) in [6.07, 6.45) is 3.68. The molecule has 1 aromatic carbocycles. The lowest BCUT2D eigenvalue weighted by atomic mass is 10.00. The van der Waals surface area contributed by atoms with Crippen LogP contribution in [-0.4, -0.2) is 61.1 Å². The molecule has 5 nitrogen and oxygen atoms in total. The lowest BCUT2D eigenvalue weighted by Gasteiger charge is -2.28. The van der Waals surface area contributed by atoms with E-state index in [1.807, 2.05) is 0 Å². The first kappa shape index (κ1) is 17.2. The van der Waals surface area contributed by atoms with Crippen LogP contribution in [0.2, 0.25) is 0 Å². The van der Waals surface area contributed by atoms with Gasteiger partial charge in [0.25, 0.3) is 0 Å². The second-order valence-corrected chi connectivity index (χ2v) is 6.87. The smallest absolute Gasteiger partial charge is 0.188 e. The number of likely N-dealkylation sites (tertiary alicyclic amines) is 1. The van der Waals surface area contributed by atoms with Gasteiger partial charge >= 0.3 is 0 Å². The number of rotatable bonds is 6. The van der Waals surface area contributed by atoms with Gasteiger partial charge in [-0.25, -0.2) is 0 Å². The number of guanidine groups is 1. The van der Waals surface area contributed by atoms with Crippen molar-refractivity contribution in [3.63, 3.8) is 0 Å². The van der Waals surface area contributed by atoms with Crippen LogP contribution in [0.25, 0.3) is 0 Å². The Morgan fingerprint density at radius 1 is 1.29 bits per heavy atom. The number of nitrogens with one attached hydrogen (secondary N) is 1. The van der Waals surface area contributed by atoms with Gasteiger partial charge in [-0.2, -0.15) is 0 Å². The average molecular weight is 329 g/mol. The number of fused-ring (bicyclic) bond motifs is 1. The minimum absolute atomic E-state index is 0.578. The fraction of sp³-hybridized carbons (Fsp3) is 0.632. The molecule has 1 aromatic rings. The number of hydrogen-bond donors (Lipinski definition) is 2. The van der Waals surface area contributed by atoms with Crippen molar-refractivity contribution in [3.05, 3.63) is 35.4 Å². The summed E-state index contributed by atoms with van der Waals surface area (Å²) in [5, 5.41) is 3.28. The van der Waals surface area contributed by atoms with Crippen LogP contribution >= 0.6 is 0 Å². The average Bonchev–Trinajstić information content (AvgIpc) is 3.07. The molecule has 2 heterocycles. The van der Waals surface area contributed by atoms with Crippen LogP contribution in [0.4, 0.5) is 0 Å². The van der Waals surface area contributed by atoms with Gasteiger partial charge in [-0.15, -0.1) is 0 Å². The zero-order valence-electron chi connectivity index (χ0n) is 14.9. The van der Waals surface area contributed by atoms with E-state index in [2.05, 4.69) is 51.3 Å². The summed E-state index contributed by atoms with van der Waals surface area (Å²) < 4.78 is 0. The summed E-state index contributed by atoms with van der Waals surface area (Å²) in [7, 11) is 0. The summed E-state index contributed by atoms with van der Waals surface area (Å²) >= 11 is 0. The largest absolute Gasteiger partial charge is 0.370 e. The molecule has 1 atom stereocenters. The SMILES string of the molecule is CCN1CCCC1CN=C(N)NCCN1CCc2ccccc2C1. The Kier molecular flexibility index (Phi) is 6.10. The zero-order chi connectivity index (χ0) is 16.8. The highest BCUT2D eigenvalue weighted by Gasteiger charge is 2.22. The van der Waals surface area contributed by atoms with Crippen molar-refractivity contribution in [2.24, 2.45) is 10.7 Å². The molecule has 0 aliphatic carbocycles. The van der Waals surface area contributed by atoms with E-state index >= 15 is 0 Å². The standard InChI is InChI=1S/C19H31N5/c1-2-24-11-5-8-18(24)14-22-19(20)21-10-13-23-12-9-16-6-3-4-7-17(16)15-23/h3-4,6-7,18H,2,5,8-15H2,1H3,(H3,20,21,22). The van der Waals surface area contributed by atoms with Gasteiger partial charge in [-0.3, -0.25) is 14.8 Å². The summed E-state index contributed by atoms with van der Waals surface area (Å²) in [6.45, 7) is 9.41. The third-order valence-electron chi connectivity index (χ3n) is 5.32. The Balaban J connectivity index is 1.38. The van der Waals surface area contributed by atoms with E-state index in [9.17, 15) is 0 Å². The van der Waals surface area contributed by atoms with E-state index in [1.165, 1.54) is 30.5 Å². The molecule has 3 N–H and O–H groups in total. The third kappa shape index (κ3) is 4.48. The lowest BCUT2D eigenvalue weighted by molar-refractivity contribution is 0.258. The van der Waals surface area contributed by atoms with Crippen LogP contribution in [0.15, 0.2) is 29.3 Å². The molecule has 0 radical (unpaired) electrons. The zero-order valence-corrected chi connectivity index (χ0v) is 14.9. The lowest BCUT2D eigenvalue weighted by Crippen LogP contribution is -2.41. The molecule has 5 heteroatoms. The first-order valence-electron chi connectivity index (χ1n) is 9.33. The van der Waals surface area contributed by atoms with Crippen LogP contribution < -0.4 is 11.1 Å². The predicted molar refractivity (Wildman–Crippen MR) is 100 cm³/mol. The van der Waals surface area contributed by atoms with E-state index < -0.39 is 0 Å². The number of benzene rings is 1. The highest BCUT2D eigenvalue weighted by Crippen LogP contribution is 2.18. The second kappa shape index (κ2) is 8.49. The topological polar surface area (TPSA) is 56.9 Å².